The van der Waals surface area contributed by atoms with Gasteiger partial charge in [0.25, 0.3) is 0 Å². The summed E-state index contributed by atoms with van der Waals surface area (Å²) in [6.45, 7) is 2.24. The molecule has 1 aromatic rings. The molecule has 0 radical (unpaired) electrons. The number of fused-ring (bicyclic) bond motifs is 5. The third kappa shape index (κ3) is 1.95. The van der Waals surface area contributed by atoms with Gasteiger partial charge >= 0.3 is 0 Å². The van der Waals surface area contributed by atoms with Crippen LogP contribution in [0.3, 0.4) is 0 Å². The highest BCUT2D eigenvalue weighted by molar-refractivity contribution is 6.01. The maximum absolute atomic E-state index is 12.7. The van der Waals surface area contributed by atoms with Gasteiger partial charge in [-0.3, -0.25) is 4.79 Å². The predicted octanol–water partition coefficient (Wildman–Crippen LogP) is 4.28. The number of hydrogen-bond donors (Lipinski definition) is 0. The number of Topliss-reactive ketones (excluding diaryl/α,β-unsaturated/α-hetero) is 1. The van der Waals surface area contributed by atoms with Crippen molar-refractivity contribution in [3.05, 3.63) is 65.8 Å². The van der Waals surface area contributed by atoms with E-state index >= 15 is 0 Å². The highest BCUT2D eigenvalue weighted by Crippen LogP contribution is 2.57. The maximum atomic E-state index is 12.7. The molecule has 106 valence electrons. The smallest absolute Gasteiger partial charge is 0.163 e. The number of carbonyl (C=O) groups is 1. The molecule has 0 spiro atoms. The zero-order valence-electron chi connectivity index (χ0n) is 12.3. The summed E-state index contributed by atoms with van der Waals surface area (Å²) in [7, 11) is 0. The second-order valence-electron chi connectivity index (χ2n) is 6.60. The van der Waals surface area contributed by atoms with E-state index in [2.05, 4.69) is 43.4 Å². The molecule has 0 heterocycles. The SMILES string of the molecule is C[C@@H]1/C(=C\C=C\c2ccccc2)C(=O)[C@@H]2[C@H]1[C@H]1C=C[C@@H]2C1. The number of allylic oxidation sites excluding steroid dienone is 5. The first-order valence-electron chi connectivity index (χ1n) is 7.91. The first-order valence-corrected chi connectivity index (χ1v) is 7.91. The first kappa shape index (κ1) is 12.8. The van der Waals surface area contributed by atoms with Gasteiger partial charge in [-0.15, -0.1) is 0 Å². The number of benzene rings is 1. The van der Waals surface area contributed by atoms with Gasteiger partial charge in [0.2, 0.25) is 0 Å². The van der Waals surface area contributed by atoms with Crippen molar-refractivity contribution >= 4 is 11.9 Å². The van der Waals surface area contributed by atoms with E-state index in [0.29, 0.717) is 29.5 Å². The fourth-order valence-electron chi connectivity index (χ4n) is 4.60. The van der Waals surface area contributed by atoms with Crippen LogP contribution in [0.1, 0.15) is 18.9 Å². The van der Waals surface area contributed by atoms with E-state index < -0.39 is 0 Å². The Morgan fingerprint density at radius 1 is 1.10 bits per heavy atom. The summed E-state index contributed by atoms with van der Waals surface area (Å²) in [6.07, 6.45) is 12.0. The third-order valence-electron chi connectivity index (χ3n) is 5.54. The van der Waals surface area contributed by atoms with Gasteiger partial charge in [0.05, 0.1) is 0 Å². The number of rotatable bonds is 2. The highest BCUT2D eigenvalue weighted by atomic mass is 16.1. The van der Waals surface area contributed by atoms with Crippen LogP contribution >= 0.6 is 0 Å². The lowest BCUT2D eigenvalue weighted by atomic mass is 9.81. The van der Waals surface area contributed by atoms with Gasteiger partial charge in [-0.1, -0.05) is 67.6 Å². The van der Waals surface area contributed by atoms with E-state index in [9.17, 15) is 4.79 Å². The summed E-state index contributed by atoms with van der Waals surface area (Å²) in [4.78, 5) is 12.7. The van der Waals surface area contributed by atoms with Crippen LogP contribution in [-0.2, 0) is 4.79 Å². The molecule has 4 rings (SSSR count). The normalized spacial score (nSPS) is 38.8. The van der Waals surface area contributed by atoms with Gasteiger partial charge in [0.1, 0.15) is 0 Å². The van der Waals surface area contributed by atoms with Gasteiger partial charge in [0, 0.05) is 5.92 Å². The molecule has 21 heavy (non-hydrogen) atoms. The van der Waals surface area contributed by atoms with E-state index in [0.717, 1.165) is 5.57 Å². The third-order valence-corrected chi connectivity index (χ3v) is 5.54. The lowest BCUT2D eigenvalue weighted by molar-refractivity contribution is -0.119. The second-order valence-corrected chi connectivity index (χ2v) is 6.60. The van der Waals surface area contributed by atoms with E-state index in [-0.39, 0.29) is 5.92 Å². The lowest BCUT2D eigenvalue weighted by Gasteiger charge is -2.21. The molecule has 3 aliphatic rings. The molecule has 0 aromatic heterocycles. The summed E-state index contributed by atoms with van der Waals surface area (Å²) in [5.74, 6) is 2.79. The molecule has 0 saturated heterocycles. The summed E-state index contributed by atoms with van der Waals surface area (Å²) in [6, 6.07) is 10.2. The molecule has 1 nitrogen and oxygen atoms in total. The molecule has 1 heteroatoms. The molecule has 3 aliphatic carbocycles. The minimum absolute atomic E-state index is 0.270. The Hall–Kier alpha value is -1.89. The van der Waals surface area contributed by atoms with Crippen molar-refractivity contribution in [1.29, 1.82) is 0 Å². The highest BCUT2D eigenvalue weighted by Gasteiger charge is 2.55. The summed E-state index contributed by atoms with van der Waals surface area (Å²) in [5, 5.41) is 0. The summed E-state index contributed by atoms with van der Waals surface area (Å²) < 4.78 is 0. The van der Waals surface area contributed by atoms with Gasteiger partial charge in [-0.25, -0.2) is 0 Å². The minimum Gasteiger partial charge on any atom is -0.294 e. The minimum atomic E-state index is 0.270. The molecular weight excluding hydrogens is 256 g/mol. The first-order chi connectivity index (χ1) is 10.3. The van der Waals surface area contributed by atoms with Crippen LogP contribution in [0.15, 0.2) is 60.2 Å². The lowest BCUT2D eigenvalue weighted by Crippen LogP contribution is -2.20. The van der Waals surface area contributed by atoms with Gasteiger partial charge in [0.15, 0.2) is 5.78 Å². The van der Waals surface area contributed by atoms with E-state index in [1.165, 1.54) is 12.0 Å². The zero-order valence-corrected chi connectivity index (χ0v) is 12.3. The molecular formula is C20H20O. The van der Waals surface area contributed by atoms with Crippen molar-refractivity contribution < 1.29 is 4.79 Å². The molecule has 0 amide bonds. The molecule has 5 atom stereocenters. The van der Waals surface area contributed by atoms with Crippen LogP contribution in [-0.4, -0.2) is 5.78 Å². The zero-order chi connectivity index (χ0) is 14.4. The van der Waals surface area contributed by atoms with Crippen LogP contribution in [0.25, 0.3) is 6.08 Å². The molecule has 0 aliphatic heterocycles. The molecule has 2 bridgehead atoms. The number of carbonyl (C=O) groups excluding carboxylic acids is 1. The van der Waals surface area contributed by atoms with Gasteiger partial charge in [-0.2, -0.15) is 0 Å². The van der Waals surface area contributed by atoms with Crippen molar-refractivity contribution in [3.63, 3.8) is 0 Å². The quantitative estimate of drug-likeness (QED) is 0.582. The Kier molecular flexibility index (Phi) is 2.95. The van der Waals surface area contributed by atoms with Crippen LogP contribution in [0.5, 0.6) is 0 Å². The van der Waals surface area contributed by atoms with Crippen LogP contribution in [0.4, 0.5) is 0 Å². The second kappa shape index (κ2) is 4.84. The Bertz CT molecular complexity index is 650. The van der Waals surface area contributed by atoms with Crippen LogP contribution < -0.4 is 0 Å². The molecule has 0 unspecified atom stereocenters. The van der Waals surface area contributed by atoms with Gasteiger partial charge in [-0.05, 0) is 41.2 Å². The largest absolute Gasteiger partial charge is 0.294 e. The van der Waals surface area contributed by atoms with E-state index in [1.54, 1.807) is 0 Å². The average molecular weight is 276 g/mol. The average Bonchev–Trinajstić information content (AvgIpc) is 3.17. The molecule has 2 fully saturated rings. The summed E-state index contributed by atoms with van der Waals surface area (Å²) in [5.41, 5.74) is 2.21. The Morgan fingerprint density at radius 2 is 1.86 bits per heavy atom. The van der Waals surface area contributed by atoms with Crippen molar-refractivity contribution in [3.8, 4) is 0 Å². The standard InChI is InChI=1S/C20H20O/c1-13-17(9-5-8-14-6-3-2-4-7-14)20(21)19-16-11-10-15(12-16)18(13)19/h2-11,13,15-16,18-19H,12H2,1H3/b8-5+,17-9+/t13-,15+,16-,18-,19+/m1/s1. The van der Waals surface area contributed by atoms with Crippen molar-refractivity contribution in [2.75, 3.05) is 0 Å². The number of hydrogen-bond acceptors (Lipinski definition) is 1. The van der Waals surface area contributed by atoms with E-state index in [4.69, 9.17) is 0 Å². The predicted molar refractivity (Wildman–Crippen MR) is 85.4 cm³/mol. The monoisotopic (exact) mass is 276 g/mol. The van der Waals surface area contributed by atoms with Crippen LogP contribution in [0, 0.1) is 29.6 Å². The van der Waals surface area contributed by atoms with Crippen molar-refractivity contribution in [2.24, 2.45) is 29.6 Å². The Morgan fingerprint density at radius 3 is 2.62 bits per heavy atom. The molecule has 1 aromatic carbocycles. The fraction of sp³-hybridized carbons (Fsp3) is 0.350. The Balaban J connectivity index is 1.58. The van der Waals surface area contributed by atoms with E-state index in [1.807, 2.05) is 24.3 Å². The maximum Gasteiger partial charge on any atom is 0.163 e. The van der Waals surface area contributed by atoms with Crippen LogP contribution in [0.2, 0.25) is 0 Å². The molecule has 0 N–H and O–H groups in total. The topological polar surface area (TPSA) is 17.1 Å². The Labute approximate surface area is 126 Å². The fourth-order valence-corrected chi connectivity index (χ4v) is 4.60. The van der Waals surface area contributed by atoms with Gasteiger partial charge < -0.3 is 0 Å². The molecule has 2 saturated carbocycles. The van der Waals surface area contributed by atoms with Crippen molar-refractivity contribution in [1.82, 2.24) is 0 Å². The van der Waals surface area contributed by atoms with Crippen molar-refractivity contribution in [2.45, 2.75) is 13.3 Å². The summed E-state index contributed by atoms with van der Waals surface area (Å²) >= 11 is 0. The number of ketones is 1.